The normalized spacial score (nSPS) is 10.7. The van der Waals surface area contributed by atoms with Crippen LogP contribution in [0.3, 0.4) is 0 Å². The van der Waals surface area contributed by atoms with Crippen LogP contribution >= 0.6 is 22.9 Å². The molecule has 0 bridgehead atoms. The molecule has 2 aromatic carbocycles. The number of nitrogens with one attached hydrogen (secondary N) is 2. The maximum Gasteiger partial charge on any atom is 0.271 e. The molecule has 0 spiro atoms. The van der Waals surface area contributed by atoms with Crippen molar-refractivity contribution in [1.29, 1.82) is 0 Å². The Morgan fingerprint density at radius 2 is 1.75 bits per heavy atom. The first-order valence-corrected chi connectivity index (χ1v) is 8.28. The van der Waals surface area contributed by atoms with Gasteiger partial charge in [0.05, 0.1) is 11.1 Å². The second-order valence-electron chi connectivity index (χ2n) is 4.73. The first-order chi connectivity index (χ1) is 11.7. The molecule has 120 valence electrons. The van der Waals surface area contributed by atoms with E-state index in [-0.39, 0.29) is 5.91 Å². The average molecular weight is 357 g/mol. The summed E-state index contributed by atoms with van der Waals surface area (Å²) in [4.78, 5) is 16.8. The SMILES string of the molecule is O=C(N/N=C/c1sc(Nc2ccccc2)nc1Cl)c1ccccc1. The summed E-state index contributed by atoms with van der Waals surface area (Å²) in [6, 6.07) is 18.5. The van der Waals surface area contributed by atoms with Gasteiger partial charge in [0.1, 0.15) is 0 Å². The molecule has 0 aliphatic rings. The topological polar surface area (TPSA) is 66.4 Å². The monoisotopic (exact) mass is 356 g/mol. The van der Waals surface area contributed by atoms with E-state index >= 15 is 0 Å². The third-order valence-corrected chi connectivity index (χ3v) is 4.32. The number of aromatic nitrogens is 1. The lowest BCUT2D eigenvalue weighted by Gasteiger charge is -2.00. The Kier molecular flexibility index (Phi) is 5.20. The van der Waals surface area contributed by atoms with Crippen LogP contribution in [-0.4, -0.2) is 17.1 Å². The van der Waals surface area contributed by atoms with Crippen LogP contribution in [0, 0.1) is 0 Å². The van der Waals surface area contributed by atoms with Crippen LogP contribution in [0.15, 0.2) is 65.8 Å². The Balaban J connectivity index is 1.64. The van der Waals surface area contributed by atoms with E-state index in [2.05, 4.69) is 20.8 Å². The molecule has 0 fully saturated rings. The van der Waals surface area contributed by atoms with Crippen LogP contribution in [0.5, 0.6) is 0 Å². The number of amides is 1. The van der Waals surface area contributed by atoms with Crippen LogP contribution in [0.1, 0.15) is 15.2 Å². The van der Waals surface area contributed by atoms with Crippen LogP contribution in [-0.2, 0) is 0 Å². The average Bonchev–Trinajstić information content (AvgIpc) is 2.96. The lowest BCUT2D eigenvalue weighted by Crippen LogP contribution is -2.17. The van der Waals surface area contributed by atoms with Gasteiger partial charge in [0.15, 0.2) is 10.3 Å². The zero-order chi connectivity index (χ0) is 16.8. The summed E-state index contributed by atoms with van der Waals surface area (Å²) in [5.74, 6) is -0.282. The van der Waals surface area contributed by atoms with Crippen molar-refractivity contribution in [3.05, 3.63) is 76.3 Å². The van der Waals surface area contributed by atoms with E-state index in [0.29, 0.717) is 20.7 Å². The Morgan fingerprint density at radius 3 is 2.46 bits per heavy atom. The number of para-hydroxylation sites is 1. The van der Waals surface area contributed by atoms with Crippen LogP contribution in [0.25, 0.3) is 0 Å². The molecule has 1 amide bonds. The highest BCUT2D eigenvalue weighted by Gasteiger charge is 2.08. The molecule has 0 saturated heterocycles. The Hall–Kier alpha value is -2.70. The zero-order valence-corrected chi connectivity index (χ0v) is 14.0. The molecule has 24 heavy (non-hydrogen) atoms. The van der Waals surface area contributed by atoms with E-state index in [0.717, 1.165) is 5.69 Å². The zero-order valence-electron chi connectivity index (χ0n) is 12.4. The minimum Gasteiger partial charge on any atom is -0.331 e. The van der Waals surface area contributed by atoms with E-state index in [1.165, 1.54) is 17.6 Å². The highest BCUT2D eigenvalue weighted by atomic mass is 35.5. The number of halogens is 1. The highest BCUT2D eigenvalue weighted by Crippen LogP contribution is 2.27. The number of hydrogen-bond acceptors (Lipinski definition) is 5. The molecule has 2 N–H and O–H groups in total. The standard InChI is InChI=1S/C17H13ClN4OS/c18-15-14(11-19-22-16(23)12-7-3-1-4-8-12)24-17(21-15)20-13-9-5-2-6-10-13/h1-11H,(H,20,21)(H,22,23)/b19-11+. The fraction of sp³-hybridized carbons (Fsp3) is 0. The molecular formula is C17H13ClN4OS. The van der Waals surface area contributed by atoms with Crippen LogP contribution < -0.4 is 10.7 Å². The minimum absolute atomic E-state index is 0.282. The number of hydrazone groups is 1. The molecule has 5 nitrogen and oxygen atoms in total. The van der Waals surface area contributed by atoms with Crippen molar-refractivity contribution in [2.45, 2.75) is 0 Å². The third kappa shape index (κ3) is 4.18. The predicted octanol–water partition coefficient (Wildman–Crippen LogP) is 4.30. The number of rotatable bonds is 5. The largest absolute Gasteiger partial charge is 0.331 e. The van der Waals surface area contributed by atoms with Crippen molar-refractivity contribution in [3.63, 3.8) is 0 Å². The lowest BCUT2D eigenvalue weighted by atomic mass is 10.2. The molecule has 0 aliphatic carbocycles. The summed E-state index contributed by atoms with van der Waals surface area (Å²) in [6.07, 6.45) is 1.48. The van der Waals surface area contributed by atoms with Gasteiger partial charge in [-0.05, 0) is 24.3 Å². The smallest absolute Gasteiger partial charge is 0.271 e. The highest BCUT2D eigenvalue weighted by molar-refractivity contribution is 7.17. The van der Waals surface area contributed by atoms with E-state index in [4.69, 9.17) is 11.6 Å². The Morgan fingerprint density at radius 1 is 1.08 bits per heavy atom. The Bertz CT molecular complexity index is 850. The van der Waals surface area contributed by atoms with Gasteiger partial charge < -0.3 is 5.32 Å². The molecule has 0 radical (unpaired) electrons. The van der Waals surface area contributed by atoms with E-state index in [1.807, 2.05) is 36.4 Å². The summed E-state index contributed by atoms with van der Waals surface area (Å²) < 4.78 is 0. The van der Waals surface area contributed by atoms with Gasteiger partial charge in [-0.1, -0.05) is 59.3 Å². The van der Waals surface area contributed by atoms with Gasteiger partial charge in [0.25, 0.3) is 5.91 Å². The van der Waals surface area contributed by atoms with Gasteiger partial charge in [-0.2, -0.15) is 5.10 Å². The van der Waals surface area contributed by atoms with Crippen molar-refractivity contribution in [3.8, 4) is 0 Å². The molecule has 7 heteroatoms. The Labute approximate surface area is 148 Å². The molecule has 3 aromatic rings. The maximum atomic E-state index is 11.9. The van der Waals surface area contributed by atoms with Crippen molar-refractivity contribution in [2.24, 2.45) is 5.10 Å². The molecule has 1 aromatic heterocycles. The van der Waals surface area contributed by atoms with Gasteiger partial charge >= 0.3 is 0 Å². The third-order valence-electron chi connectivity index (χ3n) is 3.02. The summed E-state index contributed by atoms with van der Waals surface area (Å²) >= 11 is 7.45. The van der Waals surface area contributed by atoms with Gasteiger partial charge in [0, 0.05) is 11.3 Å². The number of anilines is 2. The quantitative estimate of drug-likeness (QED) is 0.529. The molecule has 1 heterocycles. The molecule has 3 rings (SSSR count). The number of nitrogens with zero attached hydrogens (tertiary/aromatic N) is 2. The molecule has 0 atom stereocenters. The van der Waals surface area contributed by atoms with E-state index < -0.39 is 0 Å². The molecule has 0 aliphatic heterocycles. The van der Waals surface area contributed by atoms with Gasteiger partial charge in [-0.15, -0.1) is 0 Å². The number of hydrogen-bond donors (Lipinski definition) is 2. The van der Waals surface area contributed by atoms with Crippen molar-refractivity contribution in [1.82, 2.24) is 10.4 Å². The minimum atomic E-state index is -0.282. The molecular weight excluding hydrogens is 344 g/mol. The number of thiazole rings is 1. The van der Waals surface area contributed by atoms with Crippen LogP contribution in [0.2, 0.25) is 5.15 Å². The summed E-state index contributed by atoms with van der Waals surface area (Å²) in [6.45, 7) is 0. The predicted molar refractivity (Wildman–Crippen MR) is 98.4 cm³/mol. The van der Waals surface area contributed by atoms with E-state index in [9.17, 15) is 4.79 Å². The summed E-state index contributed by atoms with van der Waals surface area (Å²) in [7, 11) is 0. The maximum absolute atomic E-state index is 11.9. The first kappa shape index (κ1) is 16.2. The van der Waals surface area contributed by atoms with Gasteiger partial charge in [-0.3, -0.25) is 4.79 Å². The molecule has 0 unspecified atom stereocenters. The second-order valence-corrected chi connectivity index (χ2v) is 6.12. The number of carbonyl (C=O) groups excluding carboxylic acids is 1. The summed E-state index contributed by atoms with van der Waals surface area (Å²) in [5, 5.41) is 8.08. The lowest BCUT2D eigenvalue weighted by molar-refractivity contribution is 0.0955. The van der Waals surface area contributed by atoms with Crippen molar-refractivity contribution >= 4 is 45.9 Å². The van der Waals surface area contributed by atoms with Crippen molar-refractivity contribution < 1.29 is 4.79 Å². The second kappa shape index (κ2) is 7.72. The number of carbonyl (C=O) groups is 1. The van der Waals surface area contributed by atoms with Gasteiger partial charge in [0.2, 0.25) is 0 Å². The first-order valence-electron chi connectivity index (χ1n) is 7.09. The van der Waals surface area contributed by atoms with E-state index in [1.54, 1.807) is 24.3 Å². The fourth-order valence-corrected chi connectivity index (χ4v) is 2.94. The van der Waals surface area contributed by atoms with Crippen LogP contribution in [0.4, 0.5) is 10.8 Å². The number of benzene rings is 2. The molecule has 0 saturated carbocycles. The van der Waals surface area contributed by atoms with Crippen molar-refractivity contribution in [2.75, 3.05) is 5.32 Å². The fourth-order valence-electron chi connectivity index (χ4n) is 1.89. The van der Waals surface area contributed by atoms with Gasteiger partial charge in [-0.25, -0.2) is 10.4 Å². The summed E-state index contributed by atoms with van der Waals surface area (Å²) in [5.41, 5.74) is 3.92.